The smallest absolute Gasteiger partial charge is 0.423 e. The first kappa shape index (κ1) is 16.8. The molecule has 4 rings (SSSR count). The molecule has 0 aromatic heterocycles. The number of nitrogens with one attached hydrogen (secondary N) is 2. The van der Waals surface area contributed by atoms with Crippen molar-refractivity contribution < 1.29 is 9.68 Å². The maximum atomic E-state index is 9.94. The van der Waals surface area contributed by atoms with Gasteiger partial charge in [-0.05, 0) is 43.1 Å². The van der Waals surface area contributed by atoms with E-state index in [4.69, 9.17) is 10.4 Å². The van der Waals surface area contributed by atoms with Crippen molar-refractivity contribution in [1.29, 1.82) is 0 Å². The zero-order chi connectivity index (χ0) is 18.3. The summed E-state index contributed by atoms with van der Waals surface area (Å²) in [4.78, 5) is 4.51. The SMILES string of the molecule is CC1=C(Nc2ccccc2)NC(N)(c2ccc3c(c2)C(C)OB3O)N=C1. The van der Waals surface area contributed by atoms with Crippen molar-refractivity contribution in [2.75, 3.05) is 5.32 Å². The van der Waals surface area contributed by atoms with E-state index in [1.807, 2.05) is 62.4 Å². The first-order valence-electron chi connectivity index (χ1n) is 8.59. The van der Waals surface area contributed by atoms with Crippen LogP contribution in [0.2, 0.25) is 0 Å². The van der Waals surface area contributed by atoms with Gasteiger partial charge in [0.05, 0.1) is 6.10 Å². The van der Waals surface area contributed by atoms with Gasteiger partial charge in [0.2, 0.25) is 5.79 Å². The Morgan fingerprint density at radius 1 is 1.27 bits per heavy atom. The lowest BCUT2D eigenvalue weighted by Crippen LogP contribution is -2.52. The lowest BCUT2D eigenvalue weighted by atomic mass is 9.78. The molecule has 132 valence electrons. The molecule has 26 heavy (non-hydrogen) atoms. The van der Waals surface area contributed by atoms with E-state index in [1.165, 1.54) is 0 Å². The Hall–Kier alpha value is -2.61. The summed E-state index contributed by atoms with van der Waals surface area (Å²) in [6.07, 6.45) is 1.58. The van der Waals surface area contributed by atoms with Crippen molar-refractivity contribution in [3.63, 3.8) is 0 Å². The maximum Gasteiger partial charge on any atom is 0.491 e. The summed E-state index contributed by atoms with van der Waals surface area (Å²) < 4.78 is 5.46. The quantitative estimate of drug-likeness (QED) is 0.632. The number of allylic oxidation sites excluding steroid dienone is 1. The molecule has 2 aromatic carbocycles. The van der Waals surface area contributed by atoms with Crippen molar-refractivity contribution in [2.45, 2.75) is 25.7 Å². The highest BCUT2D eigenvalue weighted by Gasteiger charge is 2.36. The Kier molecular flexibility index (Phi) is 4.07. The number of rotatable bonds is 3. The molecule has 0 saturated carbocycles. The summed E-state index contributed by atoms with van der Waals surface area (Å²) in [5.74, 6) is -0.294. The first-order valence-corrected chi connectivity index (χ1v) is 8.59. The number of hydrogen-bond acceptors (Lipinski definition) is 6. The van der Waals surface area contributed by atoms with E-state index in [0.717, 1.165) is 33.7 Å². The van der Waals surface area contributed by atoms with Gasteiger partial charge in [-0.3, -0.25) is 5.73 Å². The molecule has 2 unspecified atom stereocenters. The predicted molar refractivity (Wildman–Crippen MR) is 104 cm³/mol. The van der Waals surface area contributed by atoms with Crippen LogP contribution in [0.1, 0.15) is 31.1 Å². The van der Waals surface area contributed by atoms with Gasteiger partial charge in [-0.1, -0.05) is 30.3 Å². The maximum absolute atomic E-state index is 9.94. The molecule has 5 N–H and O–H groups in total. The molecular formula is C19H21BN4O2. The highest BCUT2D eigenvalue weighted by molar-refractivity contribution is 6.61. The summed E-state index contributed by atoms with van der Waals surface area (Å²) in [5, 5.41) is 16.6. The second kappa shape index (κ2) is 6.28. The molecule has 2 atom stereocenters. The highest BCUT2D eigenvalue weighted by atomic mass is 16.5. The number of hydrogen-bond donors (Lipinski definition) is 4. The van der Waals surface area contributed by atoms with Crippen molar-refractivity contribution in [3.05, 3.63) is 71.1 Å². The Bertz CT molecular complexity index is 900. The van der Waals surface area contributed by atoms with E-state index in [1.54, 1.807) is 6.21 Å². The van der Waals surface area contributed by atoms with Crippen LogP contribution in [-0.2, 0) is 10.4 Å². The Balaban J connectivity index is 1.64. The van der Waals surface area contributed by atoms with Crippen LogP contribution in [0.25, 0.3) is 0 Å². The molecule has 0 radical (unpaired) electrons. The van der Waals surface area contributed by atoms with Crippen molar-refractivity contribution in [3.8, 4) is 0 Å². The zero-order valence-electron chi connectivity index (χ0n) is 14.7. The van der Waals surface area contributed by atoms with Crippen LogP contribution < -0.4 is 21.8 Å². The number of anilines is 1. The van der Waals surface area contributed by atoms with Gasteiger partial charge < -0.3 is 20.3 Å². The van der Waals surface area contributed by atoms with Crippen LogP contribution >= 0.6 is 0 Å². The van der Waals surface area contributed by atoms with Crippen LogP contribution in [0.15, 0.2) is 64.9 Å². The van der Waals surface area contributed by atoms with E-state index in [2.05, 4.69) is 15.6 Å². The topological polar surface area (TPSA) is 91.9 Å². The molecule has 0 spiro atoms. The van der Waals surface area contributed by atoms with Gasteiger partial charge in [0, 0.05) is 23.0 Å². The minimum Gasteiger partial charge on any atom is -0.423 e. The summed E-state index contributed by atoms with van der Waals surface area (Å²) >= 11 is 0. The Morgan fingerprint density at radius 3 is 2.81 bits per heavy atom. The standard InChI is InChI=1S/C19H21BN4O2/c1-12-11-22-19(21,24-18(12)23-15-6-4-3-5-7-15)14-8-9-17-16(10-14)13(2)26-20(17)25/h3-11,13,23-25H,21H2,1-2H3. The third-order valence-corrected chi connectivity index (χ3v) is 4.78. The van der Waals surface area contributed by atoms with Gasteiger partial charge in [0.25, 0.3) is 0 Å². The third-order valence-electron chi connectivity index (χ3n) is 4.78. The molecule has 0 bridgehead atoms. The fourth-order valence-electron chi connectivity index (χ4n) is 3.26. The molecule has 0 fully saturated rings. The largest absolute Gasteiger partial charge is 0.491 e. The summed E-state index contributed by atoms with van der Waals surface area (Å²) in [7, 11) is -0.886. The number of benzene rings is 2. The fraction of sp³-hybridized carbons (Fsp3) is 0.211. The Labute approximate surface area is 152 Å². The monoisotopic (exact) mass is 348 g/mol. The minimum atomic E-state index is -1.10. The molecule has 7 heteroatoms. The van der Waals surface area contributed by atoms with Gasteiger partial charge in [-0.15, -0.1) is 0 Å². The van der Waals surface area contributed by atoms with Gasteiger partial charge in [-0.2, -0.15) is 0 Å². The van der Waals surface area contributed by atoms with Crippen LogP contribution in [0.3, 0.4) is 0 Å². The van der Waals surface area contributed by atoms with Gasteiger partial charge in [-0.25, -0.2) is 4.99 Å². The lowest BCUT2D eigenvalue weighted by Gasteiger charge is -2.33. The highest BCUT2D eigenvalue weighted by Crippen LogP contribution is 2.29. The number of nitrogens with two attached hydrogens (primary N) is 1. The van der Waals surface area contributed by atoms with Crippen LogP contribution in [0, 0.1) is 0 Å². The van der Waals surface area contributed by atoms with Crippen LogP contribution in [0.4, 0.5) is 5.69 Å². The second-order valence-electron chi connectivity index (χ2n) is 6.67. The number of aliphatic imine (C=N–C) groups is 1. The van der Waals surface area contributed by atoms with Crippen molar-refractivity contribution >= 4 is 24.5 Å². The molecule has 2 aliphatic rings. The number of para-hydroxylation sites is 1. The molecule has 2 heterocycles. The van der Waals surface area contributed by atoms with E-state index in [0.29, 0.717) is 0 Å². The van der Waals surface area contributed by atoms with Crippen molar-refractivity contribution in [1.82, 2.24) is 5.32 Å². The van der Waals surface area contributed by atoms with E-state index in [9.17, 15) is 5.02 Å². The molecule has 2 aromatic rings. The minimum absolute atomic E-state index is 0.185. The zero-order valence-corrected chi connectivity index (χ0v) is 14.7. The molecule has 2 aliphatic heterocycles. The van der Waals surface area contributed by atoms with Crippen molar-refractivity contribution in [2.24, 2.45) is 10.7 Å². The molecule has 0 saturated heterocycles. The Morgan fingerprint density at radius 2 is 2.04 bits per heavy atom. The molecular weight excluding hydrogens is 327 g/mol. The molecule has 0 amide bonds. The van der Waals surface area contributed by atoms with E-state index >= 15 is 0 Å². The number of nitrogens with zero attached hydrogens (tertiary/aromatic N) is 1. The van der Waals surface area contributed by atoms with Crippen LogP contribution in [-0.4, -0.2) is 18.4 Å². The average molecular weight is 348 g/mol. The molecule has 6 nitrogen and oxygen atoms in total. The molecule has 0 aliphatic carbocycles. The first-order chi connectivity index (χ1) is 12.5. The lowest BCUT2D eigenvalue weighted by molar-refractivity contribution is 0.208. The fourth-order valence-corrected chi connectivity index (χ4v) is 3.26. The summed E-state index contributed by atoms with van der Waals surface area (Å²) in [6.45, 7) is 3.88. The predicted octanol–water partition coefficient (Wildman–Crippen LogP) is 1.55. The van der Waals surface area contributed by atoms with E-state index < -0.39 is 12.9 Å². The number of fused-ring (bicyclic) bond motifs is 1. The summed E-state index contributed by atoms with van der Waals surface area (Å²) in [5.41, 5.74) is 11.0. The average Bonchev–Trinajstić information content (AvgIpc) is 2.93. The second-order valence-corrected chi connectivity index (χ2v) is 6.67. The third kappa shape index (κ3) is 2.90. The van der Waals surface area contributed by atoms with Gasteiger partial charge in [0.1, 0.15) is 5.82 Å². The normalized spacial score (nSPS) is 24.5. The van der Waals surface area contributed by atoms with E-state index in [-0.39, 0.29) is 6.10 Å². The van der Waals surface area contributed by atoms with Crippen LogP contribution in [0.5, 0.6) is 0 Å². The summed E-state index contributed by atoms with van der Waals surface area (Å²) in [6, 6.07) is 15.5. The van der Waals surface area contributed by atoms with Gasteiger partial charge in [0.15, 0.2) is 0 Å². The van der Waals surface area contributed by atoms with Gasteiger partial charge >= 0.3 is 7.12 Å².